The number of hydrogen-bond acceptors (Lipinski definition) is 4. The van der Waals surface area contributed by atoms with Crippen LogP contribution in [0.5, 0.6) is 0 Å². The minimum Gasteiger partial charge on any atom is -0.450 e. The lowest BCUT2D eigenvalue weighted by molar-refractivity contribution is 0.611. The van der Waals surface area contributed by atoms with Crippen molar-refractivity contribution in [3.8, 4) is 11.5 Å². The van der Waals surface area contributed by atoms with Crippen LogP contribution in [0.1, 0.15) is 31.7 Å². The third-order valence-electron chi connectivity index (χ3n) is 3.79. The molecule has 1 aliphatic carbocycles. The van der Waals surface area contributed by atoms with E-state index in [2.05, 4.69) is 11.9 Å². The molecule has 5 heteroatoms. The molecule has 0 amide bonds. The van der Waals surface area contributed by atoms with Gasteiger partial charge < -0.3 is 10.2 Å². The van der Waals surface area contributed by atoms with Gasteiger partial charge >= 0.3 is 0 Å². The van der Waals surface area contributed by atoms with E-state index < -0.39 is 0 Å². The second-order valence-electron chi connectivity index (χ2n) is 5.35. The minimum absolute atomic E-state index is 0.0255. The van der Waals surface area contributed by atoms with Crippen LogP contribution in [0.2, 0.25) is 5.02 Å². The summed E-state index contributed by atoms with van der Waals surface area (Å²) in [7, 11) is 0. The molecule has 2 aliphatic rings. The molecular formula is C17H17ClN2O2. The molecule has 0 radical (unpaired) electrons. The summed E-state index contributed by atoms with van der Waals surface area (Å²) < 4.78 is 5.81. The van der Waals surface area contributed by atoms with Gasteiger partial charge in [-0.1, -0.05) is 43.5 Å². The molecule has 1 heterocycles. The molecule has 0 saturated carbocycles. The number of para-hydroxylation sites is 2. The van der Waals surface area contributed by atoms with Gasteiger partial charge in [0.1, 0.15) is 16.9 Å². The fraction of sp³-hybridized carbons (Fsp3) is 0.294. The smallest absolute Gasteiger partial charge is 0.224 e. The summed E-state index contributed by atoms with van der Waals surface area (Å²) in [5.74, 6) is 0.333. The van der Waals surface area contributed by atoms with Crippen LogP contribution in [0.4, 0.5) is 5.69 Å². The van der Waals surface area contributed by atoms with Crippen molar-refractivity contribution in [1.29, 1.82) is 0 Å². The summed E-state index contributed by atoms with van der Waals surface area (Å²) in [6.07, 6.45) is 3.80. The first-order chi connectivity index (χ1) is 10.6. The molecule has 3 rings (SSSR count). The van der Waals surface area contributed by atoms with Crippen LogP contribution in [0.25, 0.3) is 22.6 Å². The van der Waals surface area contributed by atoms with Crippen LogP contribution in [0, 0.1) is 0 Å². The molecule has 0 bridgehead atoms. The summed E-state index contributed by atoms with van der Waals surface area (Å²) >= 11 is 6.23. The van der Waals surface area contributed by atoms with E-state index in [0.717, 1.165) is 30.3 Å². The number of benzene rings is 2. The first-order valence-electron chi connectivity index (χ1n) is 7.43. The number of hydrogen-bond donors (Lipinski definition) is 1. The van der Waals surface area contributed by atoms with Gasteiger partial charge in [-0.05, 0) is 25.0 Å². The molecule has 2 N–H and O–H groups in total. The highest BCUT2D eigenvalue weighted by atomic mass is 35.5. The van der Waals surface area contributed by atoms with Crippen LogP contribution in [0.15, 0.2) is 33.5 Å². The summed E-state index contributed by atoms with van der Waals surface area (Å²) in [5.41, 5.74) is 8.21. The van der Waals surface area contributed by atoms with Gasteiger partial charge in [-0.25, -0.2) is 4.98 Å². The Morgan fingerprint density at radius 3 is 2.82 bits per heavy atom. The maximum absolute atomic E-state index is 12.2. The second kappa shape index (κ2) is 5.97. The number of unbranched alkanes of at least 4 members (excludes halogenated alkanes) is 2. The molecule has 1 aromatic carbocycles. The lowest BCUT2D eigenvalue weighted by Gasteiger charge is -2.14. The van der Waals surface area contributed by atoms with E-state index in [9.17, 15) is 4.79 Å². The Kier molecular flexibility index (Phi) is 4.03. The molecule has 4 nitrogen and oxygen atoms in total. The maximum Gasteiger partial charge on any atom is 0.224 e. The Morgan fingerprint density at radius 2 is 2.05 bits per heavy atom. The third kappa shape index (κ3) is 2.44. The minimum atomic E-state index is -0.374. The highest BCUT2D eigenvalue weighted by molar-refractivity contribution is 6.32. The van der Waals surface area contributed by atoms with Crippen molar-refractivity contribution in [3.63, 3.8) is 0 Å². The fourth-order valence-electron chi connectivity index (χ4n) is 2.59. The van der Waals surface area contributed by atoms with Gasteiger partial charge in [0.25, 0.3) is 0 Å². The predicted molar refractivity (Wildman–Crippen MR) is 89.6 cm³/mol. The van der Waals surface area contributed by atoms with E-state index in [1.807, 2.05) is 18.2 Å². The van der Waals surface area contributed by atoms with Crippen molar-refractivity contribution < 1.29 is 4.42 Å². The highest BCUT2D eigenvalue weighted by Gasteiger charge is 2.23. The number of anilines is 1. The normalized spacial score (nSPS) is 11.4. The van der Waals surface area contributed by atoms with Crippen molar-refractivity contribution in [2.75, 3.05) is 5.73 Å². The number of aromatic nitrogens is 1. The Hall–Kier alpha value is -2.07. The second-order valence-corrected chi connectivity index (χ2v) is 5.73. The van der Waals surface area contributed by atoms with Crippen LogP contribution < -0.4 is 11.2 Å². The number of fused-ring (bicyclic) bond motifs is 2. The van der Waals surface area contributed by atoms with E-state index in [1.54, 1.807) is 6.07 Å². The largest absolute Gasteiger partial charge is 0.450 e. The van der Waals surface area contributed by atoms with Crippen molar-refractivity contribution in [1.82, 2.24) is 4.98 Å². The SMILES string of the molecule is CCCCCc1c2nc3ccccc3oc-2c(N)c(=O)c1Cl. The maximum atomic E-state index is 12.2. The number of nitrogens with two attached hydrogens (primary N) is 1. The summed E-state index contributed by atoms with van der Waals surface area (Å²) in [4.78, 5) is 16.8. The lowest BCUT2D eigenvalue weighted by Crippen LogP contribution is -2.15. The standard InChI is InChI=1S/C17H17ClN2O2/c1-2-3-4-7-10-13(18)16(21)14(19)17-15(10)20-11-8-5-6-9-12(11)22-17/h5-6,8-9H,2-4,7,19H2,1H3. The molecular weight excluding hydrogens is 300 g/mol. The van der Waals surface area contributed by atoms with E-state index >= 15 is 0 Å². The number of nitrogens with zero attached hydrogens (tertiary/aromatic N) is 1. The number of nitrogen functional groups attached to an aromatic ring is 1. The average molecular weight is 317 g/mol. The van der Waals surface area contributed by atoms with Gasteiger partial charge in [0, 0.05) is 5.56 Å². The summed E-state index contributed by atoms with van der Waals surface area (Å²) in [6, 6.07) is 7.41. The van der Waals surface area contributed by atoms with Crippen molar-refractivity contribution in [2.45, 2.75) is 32.6 Å². The van der Waals surface area contributed by atoms with E-state index in [1.165, 1.54) is 0 Å². The zero-order chi connectivity index (χ0) is 15.7. The molecule has 114 valence electrons. The summed E-state index contributed by atoms with van der Waals surface area (Å²) in [6.45, 7) is 2.13. The van der Waals surface area contributed by atoms with Gasteiger partial charge in [-0.2, -0.15) is 0 Å². The summed E-state index contributed by atoms with van der Waals surface area (Å²) in [5, 5.41) is 0.166. The molecule has 0 aromatic heterocycles. The van der Waals surface area contributed by atoms with E-state index in [0.29, 0.717) is 23.5 Å². The fourth-order valence-corrected chi connectivity index (χ4v) is 2.88. The molecule has 0 saturated heterocycles. The first kappa shape index (κ1) is 14.9. The van der Waals surface area contributed by atoms with Crippen LogP contribution in [-0.4, -0.2) is 4.98 Å². The lowest BCUT2D eigenvalue weighted by atomic mass is 10.0. The third-order valence-corrected chi connectivity index (χ3v) is 4.19. The Labute approximate surface area is 133 Å². The Morgan fingerprint density at radius 1 is 1.27 bits per heavy atom. The van der Waals surface area contributed by atoms with E-state index in [-0.39, 0.29) is 16.1 Å². The van der Waals surface area contributed by atoms with Crippen LogP contribution in [-0.2, 0) is 6.42 Å². The average Bonchev–Trinajstić information content (AvgIpc) is 2.55. The zero-order valence-electron chi connectivity index (χ0n) is 12.4. The molecule has 22 heavy (non-hydrogen) atoms. The van der Waals surface area contributed by atoms with Gasteiger partial charge in [0.15, 0.2) is 11.3 Å². The zero-order valence-corrected chi connectivity index (χ0v) is 13.1. The molecule has 0 unspecified atom stereocenters. The highest BCUT2D eigenvalue weighted by Crippen LogP contribution is 2.35. The Bertz CT molecular complexity index is 857. The van der Waals surface area contributed by atoms with Crippen LogP contribution >= 0.6 is 11.6 Å². The van der Waals surface area contributed by atoms with Crippen molar-refractivity contribution >= 4 is 28.4 Å². The number of rotatable bonds is 4. The quantitative estimate of drug-likeness (QED) is 0.443. The Balaban J connectivity index is 2.28. The molecule has 0 atom stereocenters. The number of halogens is 1. The predicted octanol–water partition coefficient (Wildman–Crippen LogP) is 4.26. The van der Waals surface area contributed by atoms with Crippen LogP contribution in [0.3, 0.4) is 0 Å². The van der Waals surface area contributed by atoms with Crippen molar-refractivity contribution in [3.05, 3.63) is 45.1 Å². The first-order valence-corrected chi connectivity index (χ1v) is 7.80. The van der Waals surface area contributed by atoms with Gasteiger partial charge in [0.05, 0.1) is 5.02 Å². The topological polar surface area (TPSA) is 69.1 Å². The molecule has 0 spiro atoms. The molecule has 1 aromatic rings. The molecule has 1 aliphatic heterocycles. The van der Waals surface area contributed by atoms with Gasteiger partial charge in [-0.15, -0.1) is 0 Å². The molecule has 0 fully saturated rings. The van der Waals surface area contributed by atoms with Crippen molar-refractivity contribution in [2.24, 2.45) is 0 Å². The van der Waals surface area contributed by atoms with Gasteiger partial charge in [-0.3, -0.25) is 4.79 Å². The monoisotopic (exact) mass is 316 g/mol. The van der Waals surface area contributed by atoms with Gasteiger partial charge in [0.2, 0.25) is 5.43 Å². The van der Waals surface area contributed by atoms with E-state index in [4.69, 9.17) is 21.8 Å².